The van der Waals surface area contributed by atoms with Gasteiger partial charge in [0.25, 0.3) is 0 Å². The number of benzene rings is 2. The molecule has 152 valence electrons. The van der Waals surface area contributed by atoms with Gasteiger partial charge in [0.15, 0.2) is 0 Å². The molecule has 0 fully saturated rings. The number of thioether (sulfide) groups is 1. The Morgan fingerprint density at radius 2 is 1.46 bits per heavy atom. The first-order valence-corrected chi connectivity index (χ1v) is 10.5. The van der Waals surface area contributed by atoms with E-state index in [1.165, 1.54) is 0 Å². The van der Waals surface area contributed by atoms with Crippen molar-refractivity contribution in [2.45, 2.75) is 19.9 Å². The maximum atomic E-state index is 12.3. The molecule has 0 heterocycles. The molecule has 0 aliphatic carbocycles. The molecule has 2 rings (SSSR count). The second kappa shape index (κ2) is 11.5. The number of methoxy groups -OCH3 is 2. The summed E-state index contributed by atoms with van der Waals surface area (Å²) in [7, 11) is 3.28. The van der Waals surface area contributed by atoms with E-state index in [1.54, 1.807) is 26.0 Å². The molecule has 0 aromatic heterocycles. The summed E-state index contributed by atoms with van der Waals surface area (Å²) in [6.45, 7) is 4.76. The second-order valence-electron chi connectivity index (χ2n) is 6.64. The number of amides is 1. The molecule has 28 heavy (non-hydrogen) atoms. The molecule has 1 N–H and O–H groups in total. The fourth-order valence-electron chi connectivity index (χ4n) is 2.72. The minimum Gasteiger partial charge on any atom is -0.497 e. The lowest BCUT2D eigenvalue weighted by atomic mass is 9.96. The topological polar surface area (TPSA) is 56.8 Å². The molecule has 0 aliphatic rings. The number of carbonyl (C=O) groups excluding carboxylic acids is 1. The Morgan fingerprint density at radius 1 is 0.929 bits per heavy atom. The van der Waals surface area contributed by atoms with Crippen LogP contribution >= 0.6 is 11.8 Å². The Kier molecular flexibility index (Phi) is 9.01. The van der Waals surface area contributed by atoms with Gasteiger partial charge in [-0.1, -0.05) is 26.0 Å². The van der Waals surface area contributed by atoms with E-state index >= 15 is 0 Å². The molecule has 0 bridgehead atoms. The third kappa shape index (κ3) is 7.00. The SMILES string of the molecule is COc1ccc(OCCSCC(=O)NC(c2ccc(OC)cc2)C(C)C)cc1. The van der Waals surface area contributed by atoms with E-state index in [9.17, 15) is 4.79 Å². The van der Waals surface area contributed by atoms with E-state index < -0.39 is 0 Å². The zero-order valence-corrected chi connectivity index (χ0v) is 17.8. The molecule has 0 radical (unpaired) electrons. The van der Waals surface area contributed by atoms with Gasteiger partial charge in [0.2, 0.25) is 5.91 Å². The first kappa shape index (κ1) is 22.0. The molecule has 1 unspecified atom stereocenters. The van der Waals surface area contributed by atoms with Crippen molar-refractivity contribution in [1.82, 2.24) is 5.32 Å². The first-order valence-electron chi connectivity index (χ1n) is 9.31. The Bertz CT molecular complexity index is 716. The van der Waals surface area contributed by atoms with Crippen LogP contribution in [0, 0.1) is 5.92 Å². The number of ether oxygens (including phenoxy) is 3. The maximum Gasteiger partial charge on any atom is 0.230 e. The molecule has 6 heteroatoms. The van der Waals surface area contributed by atoms with Crippen molar-refractivity contribution in [2.24, 2.45) is 5.92 Å². The van der Waals surface area contributed by atoms with Gasteiger partial charge in [0, 0.05) is 5.75 Å². The number of nitrogens with one attached hydrogen (secondary N) is 1. The van der Waals surface area contributed by atoms with E-state index in [4.69, 9.17) is 14.2 Å². The largest absolute Gasteiger partial charge is 0.497 e. The molecule has 0 spiro atoms. The first-order chi connectivity index (χ1) is 13.5. The van der Waals surface area contributed by atoms with Crippen LogP contribution in [-0.2, 0) is 4.79 Å². The van der Waals surface area contributed by atoms with Gasteiger partial charge in [0.05, 0.1) is 32.6 Å². The third-order valence-corrected chi connectivity index (χ3v) is 5.17. The number of carbonyl (C=O) groups is 1. The average Bonchev–Trinajstić information content (AvgIpc) is 2.72. The van der Waals surface area contributed by atoms with Crippen molar-refractivity contribution in [3.63, 3.8) is 0 Å². The standard InChI is InChI=1S/C22H29NO4S/c1-16(2)22(17-5-7-18(25-3)8-6-17)23-21(24)15-28-14-13-27-20-11-9-19(26-4)10-12-20/h5-12,16,22H,13-15H2,1-4H3,(H,23,24). The average molecular weight is 404 g/mol. The lowest BCUT2D eigenvalue weighted by Gasteiger charge is -2.23. The molecule has 2 aromatic carbocycles. The van der Waals surface area contributed by atoms with Gasteiger partial charge in [-0.3, -0.25) is 4.79 Å². The smallest absolute Gasteiger partial charge is 0.230 e. The number of hydrogen-bond acceptors (Lipinski definition) is 5. The van der Waals surface area contributed by atoms with Gasteiger partial charge in [-0.25, -0.2) is 0 Å². The van der Waals surface area contributed by atoms with E-state index in [1.807, 2.05) is 48.5 Å². The fraction of sp³-hybridized carbons (Fsp3) is 0.409. The summed E-state index contributed by atoms with van der Waals surface area (Å²) in [5.74, 6) is 3.88. The second-order valence-corrected chi connectivity index (χ2v) is 7.74. The van der Waals surface area contributed by atoms with Gasteiger partial charge in [0.1, 0.15) is 17.2 Å². The predicted octanol–water partition coefficient (Wildman–Crippen LogP) is 4.33. The van der Waals surface area contributed by atoms with E-state index in [0.29, 0.717) is 18.3 Å². The summed E-state index contributed by atoms with van der Waals surface area (Å²) in [5.41, 5.74) is 1.08. The van der Waals surface area contributed by atoms with Crippen molar-refractivity contribution >= 4 is 17.7 Å². The predicted molar refractivity (Wildman–Crippen MR) is 115 cm³/mol. The van der Waals surface area contributed by atoms with Crippen LogP contribution in [0.3, 0.4) is 0 Å². The van der Waals surface area contributed by atoms with Crippen LogP contribution in [0.25, 0.3) is 0 Å². The normalized spacial score (nSPS) is 11.8. The molecule has 0 saturated heterocycles. The highest BCUT2D eigenvalue weighted by Gasteiger charge is 2.18. The van der Waals surface area contributed by atoms with Crippen molar-refractivity contribution in [1.29, 1.82) is 0 Å². The molecular weight excluding hydrogens is 374 g/mol. The van der Waals surface area contributed by atoms with Crippen LogP contribution in [0.2, 0.25) is 0 Å². The van der Waals surface area contributed by atoms with Gasteiger partial charge in [-0.05, 0) is 47.9 Å². The van der Waals surface area contributed by atoms with E-state index in [2.05, 4.69) is 19.2 Å². The molecule has 2 aromatic rings. The van der Waals surface area contributed by atoms with Gasteiger partial charge >= 0.3 is 0 Å². The highest BCUT2D eigenvalue weighted by atomic mass is 32.2. The summed E-state index contributed by atoms with van der Waals surface area (Å²) < 4.78 is 16.0. The van der Waals surface area contributed by atoms with Crippen molar-refractivity contribution in [2.75, 3.05) is 32.3 Å². The zero-order chi connectivity index (χ0) is 20.4. The molecule has 5 nitrogen and oxygen atoms in total. The number of hydrogen-bond donors (Lipinski definition) is 1. The molecular formula is C22H29NO4S. The summed E-state index contributed by atoms with van der Waals surface area (Å²) in [6.07, 6.45) is 0. The van der Waals surface area contributed by atoms with Gasteiger partial charge in [-0.15, -0.1) is 11.8 Å². The van der Waals surface area contributed by atoms with Crippen LogP contribution < -0.4 is 19.5 Å². The highest BCUT2D eigenvalue weighted by Crippen LogP contribution is 2.24. The van der Waals surface area contributed by atoms with Crippen LogP contribution in [0.15, 0.2) is 48.5 Å². The molecule has 1 amide bonds. The van der Waals surface area contributed by atoms with Crippen LogP contribution in [-0.4, -0.2) is 38.2 Å². The Hall–Kier alpha value is -2.34. The minimum atomic E-state index is -0.0189. The van der Waals surface area contributed by atoms with Gasteiger partial charge in [-0.2, -0.15) is 0 Å². The fourth-order valence-corrected chi connectivity index (χ4v) is 3.33. The Morgan fingerprint density at radius 3 is 2.00 bits per heavy atom. The quantitative estimate of drug-likeness (QED) is 0.566. The van der Waals surface area contributed by atoms with E-state index in [-0.39, 0.29) is 11.9 Å². The minimum absolute atomic E-state index is 0.0189. The highest BCUT2D eigenvalue weighted by molar-refractivity contribution is 7.99. The summed E-state index contributed by atoms with van der Waals surface area (Å²) in [5, 5.41) is 3.14. The van der Waals surface area contributed by atoms with Crippen LogP contribution in [0.4, 0.5) is 0 Å². The van der Waals surface area contributed by atoms with Gasteiger partial charge < -0.3 is 19.5 Å². The maximum absolute atomic E-state index is 12.3. The lowest BCUT2D eigenvalue weighted by molar-refractivity contribution is -0.119. The van der Waals surface area contributed by atoms with Crippen molar-refractivity contribution < 1.29 is 19.0 Å². The lowest BCUT2D eigenvalue weighted by Crippen LogP contribution is -2.33. The zero-order valence-electron chi connectivity index (χ0n) is 16.9. The Balaban J connectivity index is 1.73. The summed E-state index contributed by atoms with van der Waals surface area (Å²) in [6, 6.07) is 15.3. The molecule has 1 atom stereocenters. The third-order valence-electron chi connectivity index (χ3n) is 4.25. The summed E-state index contributed by atoms with van der Waals surface area (Å²) in [4.78, 5) is 12.3. The van der Waals surface area contributed by atoms with Crippen molar-refractivity contribution in [3.05, 3.63) is 54.1 Å². The Labute approximate surface area is 171 Å². The number of rotatable bonds is 11. The van der Waals surface area contributed by atoms with Crippen molar-refractivity contribution in [3.8, 4) is 17.2 Å². The van der Waals surface area contributed by atoms with E-state index in [0.717, 1.165) is 28.6 Å². The van der Waals surface area contributed by atoms with Crippen LogP contribution in [0.1, 0.15) is 25.5 Å². The summed E-state index contributed by atoms with van der Waals surface area (Å²) >= 11 is 1.56. The monoisotopic (exact) mass is 403 g/mol. The van der Waals surface area contributed by atoms with Crippen LogP contribution in [0.5, 0.6) is 17.2 Å². The molecule has 0 aliphatic heterocycles. The molecule has 0 saturated carbocycles.